The van der Waals surface area contributed by atoms with Crippen LogP contribution in [0, 0.1) is 0 Å². The first-order valence-corrected chi connectivity index (χ1v) is 7.32. The Kier molecular flexibility index (Phi) is 5.79. The summed E-state index contributed by atoms with van der Waals surface area (Å²) in [7, 11) is -6.51. The molecule has 0 spiro atoms. The highest BCUT2D eigenvalue weighted by atomic mass is 32.2. The van der Waals surface area contributed by atoms with Crippen LogP contribution in [0.3, 0.4) is 0 Å². The van der Waals surface area contributed by atoms with Crippen molar-refractivity contribution in [3.63, 3.8) is 0 Å². The molecule has 1 N–H and O–H groups in total. The lowest BCUT2D eigenvalue weighted by Crippen LogP contribution is -2.57. The molecule has 1 rings (SSSR count). The Hall–Kier alpha value is -1.22. The van der Waals surface area contributed by atoms with Crippen LogP contribution >= 0.6 is 12.0 Å². The highest BCUT2D eigenvalue weighted by molar-refractivity contribution is 7.95. The summed E-state index contributed by atoms with van der Waals surface area (Å²) in [5, 5.41) is -1.95. The third kappa shape index (κ3) is 3.82. The average Bonchev–Trinajstić information content (AvgIpc) is 2.45. The van der Waals surface area contributed by atoms with Crippen LogP contribution in [-0.2, 0) is 19.5 Å². The quantitative estimate of drug-likeness (QED) is 0.241. The minimum absolute atomic E-state index is 0.797. The number of para-hydroxylation sites is 1. The Morgan fingerprint density at radius 2 is 1.52 bits per heavy atom. The third-order valence-electron chi connectivity index (χ3n) is 2.16. The van der Waals surface area contributed by atoms with Crippen LogP contribution in [0.2, 0.25) is 0 Å². The van der Waals surface area contributed by atoms with Crippen molar-refractivity contribution >= 4 is 22.2 Å². The van der Waals surface area contributed by atoms with E-state index in [0.717, 1.165) is 24.3 Å². The monoisotopic (exact) mass is 388 g/mol. The minimum Gasteiger partial charge on any atom is -0.378 e. The second-order valence-electron chi connectivity index (χ2n) is 3.68. The Bertz CT molecular complexity index is 623. The van der Waals surface area contributed by atoms with Crippen molar-refractivity contribution in [1.29, 1.82) is 0 Å². The molecule has 0 radical (unpaired) electrons. The molecule has 0 aliphatic carbocycles. The van der Waals surface area contributed by atoms with Crippen LogP contribution in [0.5, 0.6) is 5.75 Å². The molecule has 23 heavy (non-hydrogen) atoms. The van der Waals surface area contributed by atoms with Crippen LogP contribution in [0.1, 0.15) is 0 Å². The molecule has 0 saturated heterocycles. The first-order valence-electron chi connectivity index (χ1n) is 5.17. The van der Waals surface area contributed by atoms with Gasteiger partial charge in [-0.05, 0) is 12.1 Å². The zero-order chi connectivity index (χ0) is 17.9. The molecule has 0 aliphatic rings. The number of hydrogen-bond donors (Lipinski definition) is 1. The highest BCUT2D eigenvalue weighted by Crippen LogP contribution is 2.53. The molecule has 132 valence electrons. The fourth-order valence-electron chi connectivity index (χ4n) is 1.09. The van der Waals surface area contributed by atoms with Gasteiger partial charge in [-0.1, -0.05) is 23.2 Å². The van der Waals surface area contributed by atoms with E-state index < -0.39 is 44.3 Å². The molecule has 1 aromatic carbocycles. The highest BCUT2D eigenvalue weighted by Gasteiger charge is 2.79. The number of benzene rings is 1. The maximum Gasteiger partial charge on any atom is 0.450 e. The molecule has 6 nitrogen and oxygen atoms in total. The van der Waals surface area contributed by atoms with Gasteiger partial charge in [-0.25, -0.2) is 5.26 Å². The van der Waals surface area contributed by atoms with Crippen LogP contribution in [0.4, 0.5) is 26.3 Å². The van der Waals surface area contributed by atoms with E-state index in [-0.39, 0.29) is 0 Å². The molecule has 0 aliphatic heterocycles. The van der Waals surface area contributed by atoms with Crippen molar-refractivity contribution in [3.05, 3.63) is 30.3 Å². The van der Waals surface area contributed by atoms with Gasteiger partial charge in [0, 0.05) is 0 Å². The van der Waals surface area contributed by atoms with E-state index in [2.05, 4.69) is 13.6 Å². The molecule has 0 saturated carbocycles. The van der Waals surface area contributed by atoms with Crippen LogP contribution in [0.25, 0.3) is 0 Å². The Labute approximate surface area is 129 Å². The summed E-state index contributed by atoms with van der Waals surface area (Å²) in [5.41, 5.74) is 0. The maximum absolute atomic E-state index is 13.5. The van der Waals surface area contributed by atoms with E-state index in [1.807, 2.05) is 0 Å². The van der Waals surface area contributed by atoms with Crippen LogP contribution in [-0.4, -0.2) is 30.1 Å². The molecular weight excluding hydrogens is 382 g/mol. The predicted molar refractivity (Wildman–Crippen MR) is 63.2 cm³/mol. The van der Waals surface area contributed by atoms with E-state index in [0.29, 0.717) is 0 Å². The third-order valence-corrected chi connectivity index (χ3v) is 4.05. The minimum atomic E-state index is -6.51. The van der Waals surface area contributed by atoms with Crippen molar-refractivity contribution in [2.24, 2.45) is 0 Å². The van der Waals surface area contributed by atoms with Gasteiger partial charge in [0.15, 0.2) is 0 Å². The van der Waals surface area contributed by atoms with Gasteiger partial charge in [0.05, 0.1) is 0 Å². The summed E-state index contributed by atoms with van der Waals surface area (Å²) >= 11 is -1.72. The van der Waals surface area contributed by atoms with Crippen molar-refractivity contribution in [2.75, 3.05) is 0 Å². The lowest BCUT2D eigenvalue weighted by Gasteiger charge is -2.29. The second-order valence-corrected chi connectivity index (χ2v) is 6.09. The van der Waals surface area contributed by atoms with Crippen molar-refractivity contribution < 1.29 is 53.6 Å². The van der Waals surface area contributed by atoms with Gasteiger partial charge >= 0.3 is 26.5 Å². The molecule has 0 aromatic heterocycles. The topological polar surface area (TPSA) is 82.1 Å². The van der Waals surface area contributed by atoms with Gasteiger partial charge in [0.1, 0.15) is 17.8 Å². The summed E-state index contributed by atoms with van der Waals surface area (Å²) < 4.78 is 109. The SMILES string of the molecule is O=S(=O)(Oc1ccccc1)C(F)(F)C(F)(F)C(F)(F)SOOO. The number of halogens is 6. The predicted octanol–water partition coefficient (Wildman–Crippen LogP) is 3.29. The second kappa shape index (κ2) is 6.72. The molecule has 0 unspecified atom stereocenters. The van der Waals surface area contributed by atoms with E-state index in [4.69, 9.17) is 5.26 Å². The summed E-state index contributed by atoms with van der Waals surface area (Å²) in [6, 6.07) is 5.21. The summed E-state index contributed by atoms with van der Waals surface area (Å²) in [5.74, 6) is -7.27. The number of rotatable bonds is 8. The van der Waals surface area contributed by atoms with Gasteiger partial charge in [-0.2, -0.15) is 34.8 Å². The zero-order valence-corrected chi connectivity index (χ0v) is 12.1. The van der Waals surface area contributed by atoms with Gasteiger partial charge in [-0.3, -0.25) is 0 Å². The molecule has 0 amide bonds. The van der Waals surface area contributed by atoms with Crippen LogP contribution < -0.4 is 4.18 Å². The fourth-order valence-corrected chi connectivity index (χ4v) is 2.42. The zero-order valence-electron chi connectivity index (χ0n) is 10.5. The maximum atomic E-state index is 13.5. The molecule has 0 bridgehead atoms. The average molecular weight is 388 g/mol. The van der Waals surface area contributed by atoms with E-state index >= 15 is 0 Å². The Morgan fingerprint density at radius 1 is 1.00 bits per heavy atom. The normalized spacial score (nSPS) is 13.9. The lowest BCUT2D eigenvalue weighted by atomic mass is 10.3. The van der Waals surface area contributed by atoms with E-state index in [1.165, 1.54) is 6.07 Å². The summed E-state index contributed by atoms with van der Waals surface area (Å²) in [4.78, 5) is 0. The first kappa shape index (κ1) is 19.8. The molecule has 1 aromatic rings. The summed E-state index contributed by atoms with van der Waals surface area (Å²) in [6.07, 6.45) is 0. The van der Waals surface area contributed by atoms with E-state index in [1.54, 1.807) is 0 Å². The molecule has 14 heteroatoms. The smallest absolute Gasteiger partial charge is 0.378 e. The van der Waals surface area contributed by atoms with Crippen molar-refractivity contribution in [3.8, 4) is 5.75 Å². The molecular formula is C9H6F6O6S2. The standard InChI is InChI=1S/C9H6F6O6S2/c10-7(11,8(12,13)22-21-20-16)9(14,15)23(17,18)19-6-4-2-1-3-5-6/h1-5,16H. The van der Waals surface area contributed by atoms with Gasteiger partial charge < -0.3 is 4.18 Å². The summed E-state index contributed by atoms with van der Waals surface area (Å²) in [6.45, 7) is 0. The van der Waals surface area contributed by atoms with Crippen molar-refractivity contribution in [2.45, 2.75) is 16.4 Å². The van der Waals surface area contributed by atoms with Crippen LogP contribution in [0.15, 0.2) is 30.3 Å². The molecule has 0 atom stereocenters. The van der Waals surface area contributed by atoms with Gasteiger partial charge in [-0.15, -0.1) is 4.33 Å². The Balaban J connectivity index is 3.16. The molecule has 0 heterocycles. The van der Waals surface area contributed by atoms with Crippen molar-refractivity contribution in [1.82, 2.24) is 0 Å². The largest absolute Gasteiger partial charge is 0.450 e. The number of hydrogen-bond acceptors (Lipinski definition) is 7. The Morgan fingerprint density at radius 3 is 2.00 bits per heavy atom. The van der Waals surface area contributed by atoms with Gasteiger partial charge in [0.2, 0.25) is 0 Å². The fraction of sp³-hybridized carbons (Fsp3) is 0.333. The first-order chi connectivity index (χ1) is 10.4. The molecule has 0 fully saturated rings. The lowest BCUT2D eigenvalue weighted by molar-refractivity contribution is -0.434. The van der Waals surface area contributed by atoms with E-state index in [9.17, 15) is 34.8 Å². The number of alkyl halides is 6. The van der Waals surface area contributed by atoms with Gasteiger partial charge in [0.25, 0.3) is 0 Å².